The second kappa shape index (κ2) is 5.26. The molecule has 5 nitrogen and oxygen atoms in total. The summed E-state index contributed by atoms with van der Waals surface area (Å²) < 4.78 is 24.4. The normalized spacial score (nSPS) is 11.3. The summed E-state index contributed by atoms with van der Waals surface area (Å²) in [5, 5.41) is 13.2. The summed E-state index contributed by atoms with van der Waals surface area (Å²) in [6.45, 7) is 1.50. The Hall–Kier alpha value is -1.26. The Morgan fingerprint density at radius 2 is 2.00 bits per heavy atom. The van der Waals surface area contributed by atoms with E-state index in [1.165, 1.54) is 25.1 Å². The van der Waals surface area contributed by atoms with Crippen LogP contribution in [0.3, 0.4) is 0 Å². The lowest BCUT2D eigenvalue weighted by molar-refractivity contribution is 0.599. The molecule has 0 saturated heterocycles. The second-order valence-corrected chi connectivity index (χ2v) is 7.15. The van der Waals surface area contributed by atoms with Crippen LogP contribution in [0.1, 0.15) is 11.3 Å². The van der Waals surface area contributed by atoms with Crippen LogP contribution in [0.15, 0.2) is 23.2 Å². The molecule has 0 fully saturated rings. The van der Waals surface area contributed by atoms with Gasteiger partial charge in [0, 0.05) is 15.7 Å². The lowest BCUT2D eigenvalue weighted by Crippen LogP contribution is -2.06. The van der Waals surface area contributed by atoms with E-state index in [1.807, 2.05) is 0 Å². The van der Waals surface area contributed by atoms with Gasteiger partial charge in [0.05, 0.1) is 16.4 Å². The third kappa shape index (κ3) is 2.63. The number of hydrogen-bond donors (Lipinski definition) is 0. The summed E-state index contributed by atoms with van der Waals surface area (Å²) in [5.41, 5.74) is 0.378. The quantitative estimate of drug-likeness (QED) is 0.779. The van der Waals surface area contributed by atoms with Gasteiger partial charge in [-0.1, -0.05) is 23.2 Å². The number of aromatic nitrogens is 2. The highest BCUT2D eigenvalue weighted by Gasteiger charge is 2.27. The molecule has 0 aliphatic rings. The Morgan fingerprint density at radius 1 is 1.35 bits per heavy atom. The molecule has 1 aromatic heterocycles. The Labute approximate surface area is 129 Å². The summed E-state index contributed by atoms with van der Waals surface area (Å²) in [4.78, 5) is 0. The zero-order chi connectivity index (χ0) is 15.1. The molecule has 0 aliphatic heterocycles. The highest BCUT2D eigenvalue weighted by atomic mass is 35.7. The number of nitriles is 1. The van der Waals surface area contributed by atoms with E-state index in [0.29, 0.717) is 5.02 Å². The number of halogens is 3. The van der Waals surface area contributed by atoms with Crippen molar-refractivity contribution in [2.75, 3.05) is 0 Å². The van der Waals surface area contributed by atoms with Crippen molar-refractivity contribution in [3.05, 3.63) is 39.5 Å². The lowest BCUT2D eigenvalue weighted by atomic mass is 10.3. The van der Waals surface area contributed by atoms with E-state index in [0.717, 1.165) is 4.68 Å². The maximum atomic E-state index is 11.7. The summed E-state index contributed by atoms with van der Waals surface area (Å²) in [7, 11) is 1.21. The summed E-state index contributed by atoms with van der Waals surface area (Å²) in [6, 6.07) is 6.23. The molecule has 0 radical (unpaired) electrons. The zero-order valence-corrected chi connectivity index (χ0v) is 13.0. The predicted molar refractivity (Wildman–Crippen MR) is 76.1 cm³/mol. The molecule has 0 atom stereocenters. The minimum absolute atomic E-state index is 0.119. The lowest BCUT2D eigenvalue weighted by Gasteiger charge is -2.07. The fraction of sp³-hybridized carbons (Fsp3) is 0.0909. The largest absolute Gasteiger partial charge is 0.280 e. The van der Waals surface area contributed by atoms with Gasteiger partial charge in [0.2, 0.25) is 0 Å². The van der Waals surface area contributed by atoms with Crippen molar-refractivity contribution in [2.24, 2.45) is 0 Å². The predicted octanol–water partition coefficient (Wildman–Crippen LogP) is 3.29. The Kier molecular flexibility index (Phi) is 3.98. The molecule has 20 heavy (non-hydrogen) atoms. The van der Waals surface area contributed by atoms with Crippen LogP contribution in [0.5, 0.6) is 0 Å². The fourth-order valence-electron chi connectivity index (χ4n) is 1.68. The number of aryl methyl sites for hydroxylation is 1. The van der Waals surface area contributed by atoms with Crippen LogP contribution >= 0.6 is 33.9 Å². The minimum atomic E-state index is -4.17. The third-order valence-corrected chi connectivity index (χ3v) is 4.31. The van der Waals surface area contributed by atoms with E-state index in [9.17, 15) is 8.42 Å². The van der Waals surface area contributed by atoms with Crippen LogP contribution in [0.2, 0.25) is 10.0 Å². The van der Waals surface area contributed by atoms with Crippen molar-refractivity contribution in [1.82, 2.24) is 9.78 Å². The maximum Gasteiger partial charge on any atom is 0.280 e. The molecule has 2 rings (SSSR count). The first-order chi connectivity index (χ1) is 9.25. The molecular weight excluding hydrogens is 345 g/mol. The average Bonchev–Trinajstić information content (AvgIpc) is 2.65. The third-order valence-electron chi connectivity index (χ3n) is 2.50. The number of benzene rings is 1. The average molecular weight is 351 g/mol. The number of hydrogen-bond acceptors (Lipinski definition) is 4. The van der Waals surface area contributed by atoms with Crippen molar-refractivity contribution >= 4 is 42.9 Å². The second-order valence-electron chi connectivity index (χ2n) is 3.82. The highest BCUT2D eigenvalue weighted by Crippen LogP contribution is 2.30. The fourth-order valence-corrected chi connectivity index (χ4v) is 3.38. The van der Waals surface area contributed by atoms with Crippen molar-refractivity contribution in [3.8, 4) is 11.8 Å². The Balaban J connectivity index is 2.86. The molecular formula is C11H6Cl3N3O2S. The van der Waals surface area contributed by atoms with Gasteiger partial charge >= 0.3 is 0 Å². The van der Waals surface area contributed by atoms with E-state index in [1.54, 1.807) is 6.07 Å². The smallest absolute Gasteiger partial charge is 0.218 e. The minimum Gasteiger partial charge on any atom is -0.218 e. The van der Waals surface area contributed by atoms with Gasteiger partial charge in [-0.25, -0.2) is 13.1 Å². The molecule has 0 spiro atoms. The van der Waals surface area contributed by atoms with Gasteiger partial charge in [-0.15, -0.1) is 0 Å². The summed E-state index contributed by atoms with van der Waals surface area (Å²) in [6.07, 6.45) is 0. The van der Waals surface area contributed by atoms with Crippen molar-refractivity contribution in [2.45, 2.75) is 11.9 Å². The molecule has 104 valence electrons. The van der Waals surface area contributed by atoms with Crippen molar-refractivity contribution < 1.29 is 8.42 Å². The first kappa shape index (κ1) is 15.1. The molecule has 0 amide bonds. The van der Waals surface area contributed by atoms with Crippen LogP contribution in [-0.4, -0.2) is 18.2 Å². The van der Waals surface area contributed by atoms with Gasteiger partial charge in [0.25, 0.3) is 9.05 Å². The molecule has 2 aromatic rings. The topological polar surface area (TPSA) is 75.8 Å². The maximum absolute atomic E-state index is 11.7. The van der Waals surface area contributed by atoms with E-state index in [2.05, 4.69) is 5.10 Å². The van der Waals surface area contributed by atoms with Crippen LogP contribution in [0.25, 0.3) is 5.69 Å². The first-order valence-electron chi connectivity index (χ1n) is 5.15. The summed E-state index contributed by atoms with van der Waals surface area (Å²) >= 11 is 11.8. The van der Waals surface area contributed by atoms with Gasteiger partial charge in [-0.3, -0.25) is 0 Å². The van der Waals surface area contributed by atoms with Crippen LogP contribution in [0, 0.1) is 18.3 Å². The molecule has 9 heteroatoms. The van der Waals surface area contributed by atoms with E-state index in [-0.39, 0.29) is 22.0 Å². The molecule has 1 aromatic carbocycles. The number of rotatable bonds is 2. The zero-order valence-electron chi connectivity index (χ0n) is 9.93. The van der Waals surface area contributed by atoms with Crippen LogP contribution < -0.4 is 0 Å². The van der Waals surface area contributed by atoms with Crippen molar-refractivity contribution in [1.29, 1.82) is 5.26 Å². The molecule has 0 unspecified atom stereocenters. The van der Waals surface area contributed by atoms with Gasteiger partial charge in [-0.2, -0.15) is 10.4 Å². The molecule has 0 aliphatic carbocycles. The SMILES string of the molecule is Cc1nn(-c2ccc(Cl)cc2Cl)c(S(=O)(=O)Cl)c1C#N. The monoisotopic (exact) mass is 349 g/mol. The Morgan fingerprint density at radius 3 is 2.50 bits per heavy atom. The summed E-state index contributed by atoms with van der Waals surface area (Å²) in [5.74, 6) is 0. The molecule has 0 saturated carbocycles. The van der Waals surface area contributed by atoms with Gasteiger partial charge in [0.15, 0.2) is 5.03 Å². The van der Waals surface area contributed by atoms with Crippen molar-refractivity contribution in [3.63, 3.8) is 0 Å². The molecule has 0 N–H and O–H groups in total. The van der Waals surface area contributed by atoms with E-state index in [4.69, 9.17) is 39.1 Å². The van der Waals surface area contributed by atoms with Crippen LogP contribution in [0.4, 0.5) is 0 Å². The van der Waals surface area contributed by atoms with Gasteiger partial charge in [0.1, 0.15) is 11.6 Å². The number of nitrogens with zero attached hydrogens (tertiary/aromatic N) is 3. The Bertz CT molecular complexity index is 837. The van der Waals surface area contributed by atoms with Crippen LogP contribution in [-0.2, 0) is 9.05 Å². The van der Waals surface area contributed by atoms with Gasteiger partial charge in [-0.05, 0) is 25.1 Å². The molecule has 1 heterocycles. The first-order valence-corrected chi connectivity index (χ1v) is 8.22. The molecule has 0 bridgehead atoms. The van der Waals surface area contributed by atoms with Gasteiger partial charge < -0.3 is 0 Å². The van der Waals surface area contributed by atoms with E-state index < -0.39 is 14.1 Å². The highest BCUT2D eigenvalue weighted by molar-refractivity contribution is 8.13. The van der Waals surface area contributed by atoms with E-state index >= 15 is 0 Å². The standard InChI is InChI=1S/C11H6Cl3N3O2S/c1-6-8(5-15)11(20(14,18)19)17(16-6)10-3-2-7(12)4-9(10)13/h2-4H,1H3.